The average Bonchev–Trinajstić information content (AvgIpc) is 3.02. The summed E-state index contributed by atoms with van der Waals surface area (Å²) in [6, 6.07) is 10.5. The Balaban J connectivity index is 1.46. The number of ether oxygens (including phenoxy) is 1. The minimum atomic E-state index is -0.0509. The van der Waals surface area contributed by atoms with Crippen LogP contribution >= 0.6 is 11.3 Å². The van der Waals surface area contributed by atoms with Crippen LogP contribution in [-0.4, -0.2) is 12.5 Å². The van der Waals surface area contributed by atoms with Crippen LogP contribution in [0.2, 0.25) is 0 Å². The number of carbonyl (C=O) groups excluding carboxylic acids is 1. The summed E-state index contributed by atoms with van der Waals surface area (Å²) in [4.78, 5) is 13.6. The van der Waals surface area contributed by atoms with Crippen molar-refractivity contribution in [1.82, 2.24) is 0 Å². The van der Waals surface area contributed by atoms with E-state index in [2.05, 4.69) is 37.4 Å². The summed E-state index contributed by atoms with van der Waals surface area (Å²) in [7, 11) is 0. The smallest absolute Gasteiger partial charge is 0.225 e. The SMILES string of the molecule is CCCc1ccc(OCCCC(=O)Nc2sc3c(c2C#N)CCC(C)C3)cc1. The second-order valence-corrected chi connectivity index (χ2v) is 8.67. The summed E-state index contributed by atoms with van der Waals surface area (Å²) in [6.45, 7) is 4.91. The van der Waals surface area contributed by atoms with Crippen LogP contribution in [-0.2, 0) is 24.1 Å². The third-order valence-electron chi connectivity index (χ3n) is 5.16. The third-order valence-corrected chi connectivity index (χ3v) is 6.33. The summed E-state index contributed by atoms with van der Waals surface area (Å²) in [5.41, 5.74) is 3.13. The fourth-order valence-corrected chi connectivity index (χ4v) is 4.99. The van der Waals surface area contributed by atoms with Gasteiger partial charge in [0.2, 0.25) is 5.91 Å². The molecule has 1 aliphatic rings. The van der Waals surface area contributed by atoms with E-state index in [1.165, 1.54) is 10.4 Å². The highest BCUT2D eigenvalue weighted by molar-refractivity contribution is 7.16. The largest absolute Gasteiger partial charge is 0.494 e. The van der Waals surface area contributed by atoms with Gasteiger partial charge in [-0.1, -0.05) is 32.4 Å². The average molecular weight is 397 g/mol. The van der Waals surface area contributed by atoms with Crippen molar-refractivity contribution in [3.8, 4) is 11.8 Å². The lowest BCUT2D eigenvalue weighted by Gasteiger charge is -2.17. The summed E-state index contributed by atoms with van der Waals surface area (Å²) < 4.78 is 5.73. The molecule has 1 aliphatic carbocycles. The van der Waals surface area contributed by atoms with E-state index in [9.17, 15) is 10.1 Å². The number of anilines is 1. The number of rotatable bonds is 8. The van der Waals surface area contributed by atoms with Gasteiger partial charge in [0, 0.05) is 11.3 Å². The first-order chi connectivity index (χ1) is 13.6. The van der Waals surface area contributed by atoms with E-state index in [0.29, 0.717) is 30.9 Å². The number of fused-ring (bicyclic) bond motifs is 1. The first-order valence-corrected chi connectivity index (χ1v) is 11.0. The van der Waals surface area contributed by atoms with Crippen molar-refractivity contribution < 1.29 is 9.53 Å². The number of nitrogens with one attached hydrogen (secondary N) is 1. The predicted molar refractivity (Wildman–Crippen MR) is 114 cm³/mol. The molecule has 1 heterocycles. The number of amides is 1. The molecule has 0 saturated carbocycles. The fourth-order valence-electron chi connectivity index (χ4n) is 3.61. The molecule has 0 fully saturated rings. The molecule has 5 heteroatoms. The van der Waals surface area contributed by atoms with Crippen LogP contribution in [0.1, 0.15) is 61.1 Å². The first-order valence-electron chi connectivity index (χ1n) is 10.2. The van der Waals surface area contributed by atoms with Crippen molar-refractivity contribution >= 4 is 22.2 Å². The molecule has 1 aromatic carbocycles. The van der Waals surface area contributed by atoms with Gasteiger partial charge in [-0.25, -0.2) is 0 Å². The summed E-state index contributed by atoms with van der Waals surface area (Å²) in [5.74, 6) is 1.44. The highest BCUT2D eigenvalue weighted by Gasteiger charge is 2.24. The zero-order valence-corrected chi connectivity index (χ0v) is 17.5. The zero-order valence-electron chi connectivity index (χ0n) is 16.7. The Morgan fingerprint density at radius 2 is 2.14 bits per heavy atom. The Morgan fingerprint density at radius 3 is 2.86 bits per heavy atom. The van der Waals surface area contributed by atoms with E-state index in [1.54, 1.807) is 11.3 Å². The minimum absolute atomic E-state index is 0.0509. The van der Waals surface area contributed by atoms with Crippen molar-refractivity contribution in [3.63, 3.8) is 0 Å². The van der Waals surface area contributed by atoms with Crippen LogP contribution in [0.5, 0.6) is 5.75 Å². The number of aryl methyl sites for hydroxylation is 1. The Kier molecular flexibility index (Phi) is 7.11. The van der Waals surface area contributed by atoms with Crippen molar-refractivity contribution in [2.45, 2.75) is 58.8 Å². The lowest BCUT2D eigenvalue weighted by molar-refractivity contribution is -0.116. The molecule has 3 rings (SSSR count). The van der Waals surface area contributed by atoms with Crippen molar-refractivity contribution in [2.75, 3.05) is 11.9 Å². The molecule has 1 unspecified atom stereocenters. The molecule has 4 nitrogen and oxygen atoms in total. The summed E-state index contributed by atoms with van der Waals surface area (Å²) in [6.07, 6.45) is 6.31. The standard InChI is InChI=1S/C23H28N2O2S/c1-3-5-17-8-10-18(11-9-17)27-13-4-6-22(26)25-23-20(15-24)19-12-7-16(2)14-21(19)28-23/h8-11,16H,3-7,12-14H2,1-2H3,(H,25,26). The Hall–Kier alpha value is -2.32. The molecule has 1 amide bonds. The molecule has 0 aliphatic heterocycles. The summed E-state index contributed by atoms with van der Waals surface area (Å²) in [5, 5.41) is 13.2. The normalized spacial score (nSPS) is 15.5. The molecule has 0 radical (unpaired) electrons. The van der Waals surface area contributed by atoms with Crippen LogP contribution in [0.4, 0.5) is 5.00 Å². The van der Waals surface area contributed by atoms with Gasteiger partial charge in [0.25, 0.3) is 0 Å². The molecular formula is C23H28N2O2S. The maximum absolute atomic E-state index is 12.3. The van der Waals surface area contributed by atoms with E-state index in [-0.39, 0.29) is 5.91 Å². The predicted octanol–water partition coefficient (Wildman–Crippen LogP) is 5.49. The Labute approximate surface area is 171 Å². The maximum Gasteiger partial charge on any atom is 0.225 e. The van der Waals surface area contributed by atoms with Gasteiger partial charge in [0.05, 0.1) is 12.2 Å². The van der Waals surface area contributed by atoms with Gasteiger partial charge < -0.3 is 10.1 Å². The molecule has 1 aromatic heterocycles. The van der Waals surface area contributed by atoms with Crippen LogP contribution in [0.3, 0.4) is 0 Å². The number of benzene rings is 1. The van der Waals surface area contributed by atoms with E-state index >= 15 is 0 Å². The van der Waals surface area contributed by atoms with Crippen molar-refractivity contribution in [2.24, 2.45) is 5.92 Å². The number of hydrogen-bond donors (Lipinski definition) is 1. The molecule has 0 bridgehead atoms. The second-order valence-electron chi connectivity index (χ2n) is 7.56. The monoisotopic (exact) mass is 396 g/mol. The number of nitriles is 1. The molecule has 0 saturated heterocycles. The van der Waals surface area contributed by atoms with Crippen LogP contribution in [0, 0.1) is 17.2 Å². The third kappa shape index (κ3) is 5.14. The minimum Gasteiger partial charge on any atom is -0.494 e. The van der Waals surface area contributed by atoms with Crippen LogP contribution in [0.25, 0.3) is 0 Å². The first kappa shape index (κ1) is 20.4. The molecular weight excluding hydrogens is 368 g/mol. The van der Waals surface area contributed by atoms with E-state index in [4.69, 9.17) is 4.74 Å². The molecule has 2 aromatic rings. The zero-order chi connectivity index (χ0) is 19.9. The topological polar surface area (TPSA) is 62.1 Å². The van der Waals surface area contributed by atoms with Crippen molar-refractivity contribution in [1.29, 1.82) is 5.26 Å². The van der Waals surface area contributed by atoms with Gasteiger partial charge in [0.1, 0.15) is 16.8 Å². The Morgan fingerprint density at radius 1 is 1.36 bits per heavy atom. The molecule has 28 heavy (non-hydrogen) atoms. The highest BCUT2D eigenvalue weighted by atomic mass is 32.1. The van der Waals surface area contributed by atoms with E-state index < -0.39 is 0 Å². The highest BCUT2D eigenvalue weighted by Crippen LogP contribution is 2.39. The van der Waals surface area contributed by atoms with E-state index in [0.717, 1.165) is 48.4 Å². The van der Waals surface area contributed by atoms with Gasteiger partial charge >= 0.3 is 0 Å². The van der Waals surface area contributed by atoms with Gasteiger partial charge in [-0.2, -0.15) is 5.26 Å². The van der Waals surface area contributed by atoms with Gasteiger partial charge in [0.15, 0.2) is 0 Å². The second kappa shape index (κ2) is 9.75. The molecule has 1 atom stereocenters. The van der Waals surface area contributed by atoms with Gasteiger partial charge in [-0.05, 0) is 61.3 Å². The number of carbonyl (C=O) groups is 1. The van der Waals surface area contributed by atoms with Crippen LogP contribution in [0.15, 0.2) is 24.3 Å². The number of hydrogen-bond acceptors (Lipinski definition) is 4. The Bertz CT molecular complexity index is 849. The quantitative estimate of drug-likeness (QED) is 0.600. The van der Waals surface area contributed by atoms with Crippen molar-refractivity contribution in [3.05, 3.63) is 45.8 Å². The van der Waals surface area contributed by atoms with Crippen LogP contribution < -0.4 is 10.1 Å². The summed E-state index contributed by atoms with van der Waals surface area (Å²) >= 11 is 1.57. The number of nitrogens with zero attached hydrogens (tertiary/aromatic N) is 1. The fraction of sp³-hybridized carbons (Fsp3) is 0.478. The molecule has 1 N–H and O–H groups in total. The molecule has 148 valence electrons. The lowest BCUT2D eigenvalue weighted by atomic mass is 9.89. The van der Waals surface area contributed by atoms with Gasteiger partial charge in [-0.3, -0.25) is 4.79 Å². The lowest BCUT2D eigenvalue weighted by Crippen LogP contribution is -2.13. The maximum atomic E-state index is 12.3. The molecule has 0 spiro atoms. The number of thiophene rings is 1. The van der Waals surface area contributed by atoms with Gasteiger partial charge in [-0.15, -0.1) is 11.3 Å². The van der Waals surface area contributed by atoms with E-state index in [1.807, 2.05) is 12.1 Å².